The molecule has 0 unspecified atom stereocenters. The molecule has 84 valence electrons. The fraction of sp³-hybridized carbons (Fsp3) is 0.538. The summed E-state index contributed by atoms with van der Waals surface area (Å²) in [5, 5.41) is 3.57. The maximum atomic E-state index is 3.57. The van der Waals surface area contributed by atoms with Gasteiger partial charge in [0.2, 0.25) is 0 Å². The van der Waals surface area contributed by atoms with Gasteiger partial charge in [-0.25, -0.2) is 0 Å². The number of hydrogen-bond donors (Lipinski definition) is 1. The van der Waals surface area contributed by atoms with E-state index in [9.17, 15) is 0 Å². The monoisotopic (exact) mass is 206 g/mol. The van der Waals surface area contributed by atoms with Crippen LogP contribution in [0.5, 0.6) is 0 Å². The summed E-state index contributed by atoms with van der Waals surface area (Å²) >= 11 is 0. The second-order valence-corrected chi connectivity index (χ2v) is 4.62. The Balaban J connectivity index is 2.59. The molecule has 0 aliphatic rings. The number of anilines is 1. The van der Waals surface area contributed by atoms with E-state index < -0.39 is 0 Å². The Labute approximate surface area is 93.3 Å². The van der Waals surface area contributed by atoms with Crippen LogP contribution in [0, 0.1) is 5.92 Å². The van der Waals surface area contributed by atoms with Crippen molar-refractivity contribution in [3.63, 3.8) is 0 Å². The summed E-state index contributed by atoms with van der Waals surface area (Å²) in [4.78, 5) is 2.22. The van der Waals surface area contributed by atoms with Gasteiger partial charge in [0.15, 0.2) is 0 Å². The standard InChI is InChI=1S/C13H22N2/c1-11(2)13(10-15(3)4)14-12-8-6-5-7-9-12/h5-9,11,13-14H,10H2,1-4H3/t13-/m1/s1. The lowest BCUT2D eigenvalue weighted by molar-refractivity contribution is 0.344. The molecule has 0 aliphatic heterocycles. The van der Waals surface area contributed by atoms with E-state index in [-0.39, 0.29) is 0 Å². The Morgan fingerprint density at radius 1 is 1.13 bits per heavy atom. The molecule has 1 N–H and O–H groups in total. The minimum atomic E-state index is 0.502. The van der Waals surface area contributed by atoms with Gasteiger partial charge in [-0.3, -0.25) is 0 Å². The molecule has 1 aromatic rings. The van der Waals surface area contributed by atoms with Gasteiger partial charge in [-0.15, -0.1) is 0 Å². The van der Waals surface area contributed by atoms with Gasteiger partial charge in [-0.05, 0) is 32.1 Å². The number of likely N-dealkylation sites (N-methyl/N-ethyl adjacent to an activating group) is 1. The number of para-hydroxylation sites is 1. The molecule has 1 rings (SSSR count). The number of benzene rings is 1. The van der Waals surface area contributed by atoms with Crippen LogP contribution in [0.3, 0.4) is 0 Å². The van der Waals surface area contributed by atoms with Crippen LogP contribution in [-0.2, 0) is 0 Å². The van der Waals surface area contributed by atoms with Crippen molar-refractivity contribution in [3.8, 4) is 0 Å². The fourth-order valence-corrected chi connectivity index (χ4v) is 1.56. The van der Waals surface area contributed by atoms with E-state index in [2.05, 4.69) is 62.4 Å². The number of nitrogens with one attached hydrogen (secondary N) is 1. The smallest absolute Gasteiger partial charge is 0.0411 e. The third-order valence-electron chi connectivity index (χ3n) is 2.49. The Kier molecular flexibility index (Phi) is 4.63. The van der Waals surface area contributed by atoms with Crippen LogP contribution in [0.25, 0.3) is 0 Å². The summed E-state index contributed by atoms with van der Waals surface area (Å²) in [6.07, 6.45) is 0. The van der Waals surface area contributed by atoms with Crippen LogP contribution < -0.4 is 5.32 Å². The van der Waals surface area contributed by atoms with Crippen LogP contribution in [0.15, 0.2) is 30.3 Å². The average Bonchev–Trinajstić information content (AvgIpc) is 2.17. The highest BCUT2D eigenvalue weighted by atomic mass is 15.1. The van der Waals surface area contributed by atoms with E-state index in [1.807, 2.05) is 6.07 Å². The van der Waals surface area contributed by atoms with E-state index in [0.717, 1.165) is 6.54 Å². The van der Waals surface area contributed by atoms with Gasteiger partial charge in [0.1, 0.15) is 0 Å². The zero-order valence-corrected chi connectivity index (χ0v) is 10.2. The summed E-state index contributed by atoms with van der Waals surface area (Å²) in [6, 6.07) is 10.9. The summed E-state index contributed by atoms with van der Waals surface area (Å²) in [6.45, 7) is 5.57. The van der Waals surface area contributed by atoms with Crippen LogP contribution in [0.2, 0.25) is 0 Å². The lowest BCUT2D eigenvalue weighted by Gasteiger charge is -2.26. The highest BCUT2D eigenvalue weighted by Crippen LogP contribution is 2.12. The highest BCUT2D eigenvalue weighted by molar-refractivity contribution is 5.43. The Hall–Kier alpha value is -1.02. The first-order chi connectivity index (χ1) is 7.09. The van der Waals surface area contributed by atoms with Crippen molar-refractivity contribution in [1.82, 2.24) is 4.90 Å². The van der Waals surface area contributed by atoms with Crippen LogP contribution in [0.1, 0.15) is 13.8 Å². The second kappa shape index (κ2) is 5.76. The molecule has 0 fully saturated rings. The van der Waals surface area contributed by atoms with E-state index in [1.54, 1.807) is 0 Å². The Morgan fingerprint density at radius 3 is 2.20 bits per heavy atom. The van der Waals surface area contributed by atoms with E-state index in [1.165, 1.54) is 5.69 Å². The third kappa shape index (κ3) is 4.34. The maximum absolute atomic E-state index is 3.57. The Bertz CT molecular complexity index is 267. The van der Waals surface area contributed by atoms with E-state index in [0.29, 0.717) is 12.0 Å². The van der Waals surface area contributed by atoms with Crippen LogP contribution in [0.4, 0.5) is 5.69 Å². The van der Waals surface area contributed by atoms with Gasteiger partial charge in [0.25, 0.3) is 0 Å². The molecule has 1 aromatic carbocycles. The average molecular weight is 206 g/mol. The molecule has 0 spiro atoms. The third-order valence-corrected chi connectivity index (χ3v) is 2.49. The first-order valence-electron chi connectivity index (χ1n) is 5.56. The van der Waals surface area contributed by atoms with Crippen molar-refractivity contribution >= 4 is 5.69 Å². The zero-order valence-electron chi connectivity index (χ0n) is 10.2. The van der Waals surface area contributed by atoms with Crippen molar-refractivity contribution in [2.24, 2.45) is 5.92 Å². The topological polar surface area (TPSA) is 15.3 Å². The minimum absolute atomic E-state index is 0.502. The second-order valence-electron chi connectivity index (χ2n) is 4.62. The van der Waals surface area contributed by atoms with Gasteiger partial charge in [0.05, 0.1) is 0 Å². The van der Waals surface area contributed by atoms with Gasteiger partial charge >= 0.3 is 0 Å². The number of rotatable bonds is 5. The van der Waals surface area contributed by atoms with Gasteiger partial charge in [0, 0.05) is 18.3 Å². The molecule has 0 aromatic heterocycles. The molecule has 15 heavy (non-hydrogen) atoms. The van der Waals surface area contributed by atoms with Crippen molar-refractivity contribution in [1.29, 1.82) is 0 Å². The molecule has 1 atom stereocenters. The van der Waals surface area contributed by atoms with Gasteiger partial charge < -0.3 is 10.2 Å². The normalized spacial score (nSPS) is 13.2. The largest absolute Gasteiger partial charge is 0.381 e. The molecular weight excluding hydrogens is 184 g/mol. The lowest BCUT2D eigenvalue weighted by Crippen LogP contribution is -2.36. The highest BCUT2D eigenvalue weighted by Gasteiger charge is 2.13. The van der Waals surface area contributed by atoms with E-state index in [4.69, 9.17) is 0 Å². The quantitative estimate of drug-likeness (QED) is 0.797. The molecule has 2 nitrogen and oxygen atoms in total. The summed E-state index contributed by atoms with van der Waals surface area (Å²) in [7, 11) is 4.23. The molecule has 0 bridgehead atoms. The fourth-order valence-electron chi connectivity index (χ4n) is 1.56. The molecule has 0 amide bonds. The molecule has 0 aliphatic carbocycles. The predicted molar refractivity (Wildman–Crippen MR) is 67.2 cm³/mol. The van der Waals surface area contributed by atoms with E-state index >= 15 is 0 Å². The predicted octanol–water partition coefficient (Wildman–Crippen LogP) is 2.68. The zero-order chi connectivity index (χ0) is 11.3. The molecule has 0 saturated carbocycles. The summed E-state index contributed by atoms with van der Waals surface area (Å²) < 4.78 is 0. The first kappa shape index (κ1) is 12.1. The van der Waals surface area contributed by atoms with Crippen molar-refractivity contribution in [2.45, 2.75) is 19.9 Å². The SMILES string of the molecule is CC(C)[C@@H](CN(C)C)Nc1ccccc1. The minimum Gasteiger partial charge on any atom is -0.381 e. The van der Waals surface area contributed by atoms with Crippen LogP contribution >= 0.6 is 0 Å². The van der Waals surface area contributed by atoms with Gasteiger partial charge in [-0.1, -0.05) is 32.0 Å². The van der Waals surface area contributed by atoms with Crippen molar-refractivity contribution in [2.75, 3.05) is 26.0 Å². The first-order valence-corrected chi connectivity index (χ1v) is 5.56. The van der Waals surface area contributed by atoms with Crippen molar-refractivity contribution in [3.05, 3.63) is 30.3 Å². The molecule has 0 saturated heterocycles. The lowest BCUT2D eigenvalue weighted by atomic mass is 10.0. The molecule has 2 heteroatoms. The van der Waals surface area contributed by atoms with Crippen molar-refractivity contribution < 1.29 is 0 Å². The molecule has 0 heterocycles. The van der Waals surface area contributed by atoms with Crippen LogP contribution in [-0.4, -0.2) is 31.6 Å². The number of hydrogen-bond acceptors (Lipinski definition) is 2. The molecule has 0 radical (unpaired) electrons. The van der Waals surface area contributed by atoms with Gasteiger partial charge in [-0.2, -0.15) is 0 Å². The molecular formula is C13H22N2. The summed E-state index contributed by atoms with van der Waals surface area (Å²) in [5.74, 6) is 0.632. The Morgan fingerprint density at radius 2 is 1.73 bits per heavy atom. The number of nitrogens with zero attached hydrogens (tertiary/aromatic N) is 1. The summed E-state index contributed by atoms with van der Waals surface area (Å²) in [5.41, 5.74) is 1.21. The maximum Gasteiger partial charge on any atom is 0.0411 e.